The molecule has 1 aliphatic rings. The molecule has 2 heteroatoms. The average molecular weight is 240 g/mol. The molecule has 0 spiro atoms. The first-order chi connectivity index (χ1) is 8.54. The zero-order valence-corrected chi connectivity index (χ0v) is 11.6. The van der Waals surface area contributed by atoms with Crippen LogP contribution in [0.2, 0.25) is 0 Å². The van der Waals surface area contributed by atoms with Crippen molar-refractivity contribution >= 4 is 0 Å². The van der Waals surface area contributed by atoms with Gasteiger partial charge < -0.3 is 0 Å². The lowest BCUT2D eigenvalue weighted by molar-refractivity contribution is -0.694. The predicted octanol–water partition coefficient (Wildman–Crippen LogP) is 2.12. The minimum absolute atomic E-state index is 0.0991. The van der Waals surface area contributed by atoms with Crippen molar-refractivity contribution in [2.75, 3.05) is 0 Å². The highest BCUT2D eigenvalue weighted by molar-refractivity contribution is 5.78. The van der Waals surface area contributed by atoms with Gasteiger partial charge >= 0.3 is 0 Å². The van der Waals surface area contributed by atoms with Gasteiger partial charge in [-0.05, 0) is 18.1 Å². The minimum Gasteiger partial charge on any atom is -0.207 e. The Morgan fingerprint density at radius 1 is 1.00 bits per heavy atom. The highest BCUT2D eigenvalue weighted by Gasteiger charge is 2.39. The fraction of sp³-hybridized carbons (Fsp3) is 0.375. The first kappa shape index (κ1) is 11.4. The molecule has 0 saturated carbocycles. The predicted molar refractivity (Wildman–Crippen MR) is 71.1 cm³/mol. The average Bonchev–Trinajstić information content (AvgIpc) is 2.58. The number of nitrogens with zero attached hydrogens (tertiary/aromatic N) is 2. The first-order valence-corrected chi connectivity index (χ1v) is 6.57. The van der Waals surface area contributed by atoms with Crippen molar-refractivity contribution in [3.8, 4) is 11.1 Å². The van der Waals surface area contributed by atoms with E-state index >= 15 is 0 Å². The van der Waals surface area contributed by atoms with E-state index in [2.05, 4.69) is 73.9 Å². The van der Waals surface area contributed by atoms with E-state index in [4.69, 9.17) is 0 Å². The number of aromatic nitrogens is 2. The number of pyridine rings is 2. The number of hydrogen-bond donors (Lipinski definition) is 0. The second kappa shape index (κ2) is 3.64. The van der Waals surface area contributed by atoms with E-state index in [0.29, 0.717) is 0 Å². The SMILES string of the molecule is CC[n+]1ccc2c(c1)C(C)(C)c1c[n+](C)ccc1-2. The van der Waals surface area contributed by atoms with Crippen LogP contribution in [0.3, 0.4) is 0 Å². The van der Waals surface area contributed by atoms with Gasteiger partial charge in [0.2, 0.25) is 0 Å². The minimum atomic E-state index is 0.0991. The van der Waals surface area contributed by atoms with Crippen LogP contribution >= 0.6 is 0 Å². The summed E-state index contributed by atoms with van der Waals surface area (Å²) in [5, 5.41) is 0. The summed E-state index contributed by atoms with van der Waals surface area (Å²) in [4.78, 5) is 0. The maximum Gasteiger partial charge on any atom is 0.173 e. The van der Waals surface area contributed by atoms with Gasteiger partial charge in [-0.15, -0.1) is 0 Å². The van der Waals surface area contributed by atoms with Crippen LogP contribution in [-0.2, 0) is 19.0 Å². The van der Waals surface area contributed by atoms with E-state index in [1.54, 1.807) is 0 Å². The Hall–Kier alpha value is -1.70. The van der Waals surface area contributed by atoms with E-state index in [9.17, 15) is 0 Å². The molecule has 0 bridgehead atoms. The van der Waals surface area contributed by atoms with Gasteiger partial charge in [-0.2, -0.15) is 0 Å². The molecule has 0 radical (unpaired) electrons. The fourth-order valence-corrected chi connectivity index (χ4v) is 2.94. The van der Waals surface area contributed by atoms with E-state index in [0.717, 1.165) is 6.54 Å². The molecule has 2 nitrogen and oxygen atoms in total. The molecule has 92 valence electrons. The van der Waals surface area contributed by atoms with Crippen molar-refractivity contribution in [3.63, 3.8) is 0 Å². The largest absolute Gasteiger partial charge is 0.207 e. The Kier molecular flexibility index (Phi) is 2.31. The van der Waals surface area contributed by atoms with Gasteiger partial charge in [0.25, 0.3) is 0 Å². The van der Waals surface area contributed by atoms with Crippen LogP contribution in [0, 0.1) is 0 Å². The molecule has 0 atom stereocenters. The molecule has 0 fully saturated rings. The van der Waals surface area contributed by atoms with Crippen molar-refractivity contribution in [1.82, 2.24) is 0 Å². The standard InChI is InChI=1S/C16H20N2/c1-5-18-9-7-13-12-6-8-17(4)10-14(12)16(2,3)15(13)11-18/h6-11H,5H2,1-4H3/q+2. The molecule has 3 rings (SSSR count). The zero-order chi connectivity index (χ0) is 12.9. The molecule has 0 aromatic carbocycles. The van der Waals surface area contributed by atoms with Crippen LogP contribution in [0.25, 0.3) is 11.1 Å². The van der Waals surface area contributed by atoms with Gasteiger partial charge in [-0.25, -0.2) is 9.13 Å². The molecule has 0 unspecified atom stereocenters. The third kappa shape index (κ3) is 1.41. The van der Waals surface area contributed by atoms with E-state index < -0.39 is 0 Å². The molecule has 0 amide bonds. The van der Waals surface area contributed by atoms with E-state index in [-0.39, 0.29) is 5.41 Å². The molecular weight excluding hydrogens is 220 g/mol. The lowest BCUT2D eigenvalue weighted by Gasteiger charge is -2.18. The third-order valence-corrected chi connectivity index (χ3v) is 4.12. The van der Waals surface area contributed by atoms with Crippen LogP contribution in [0.4, 0.5) is 0 Å². The van der Waals surface area contributed by atoms with Crippen LogP contribution in [0.1, 0.15) is 31.9 Å². The summed E-state index contributed by atoms with van der Waals surface area (Å²) < 4.78 is 4.40. The van der Waals surface area contributed by atoms with Gasteiger partial charge in [0.1, 0.15) is 13.6 Å². The summed E-state index contributed by atoms with van der Waals surface area (Å²) in [5.41, 5.74) is 5.74. The fourth-order valence-electron chi connectivity index (χ4n) is 2.94. The topological polar surface area (TPSA) is 7.76 Å². The summed E-state index contributed by atoms with van der Waals surface area (Å²) in [5.74, 6) is 0. The monoisotopic (exact) mass is 240 g/mol. The van der Waals surface area contributed by atoms with Crippen molar-refractivity contribution in [2.45, 2.75) is 32.7 Å². The Balaban J connectivity index is 2.31. The van der Waals surface area contributed by atoms with Gasteiger partial charge in [0.05, 0.1) is 0 Å². The molecule has 1 aliphatic carbocycles. The molecule has 2 heterocycles. The van der Waals surface area contributed by atoms with Crippen LogP contribution in [-0.4, -0.2) is 0 Å². The lowest BCUT2D eigenvalue weighted by Crippen LogP contribution is -2.34. The maximum absolute atomic E-state index is 2.32. The highest BCUT2D eigenvalue weighted by Crippen LogP contribution is 2.46. The molecule has 2 aromatic rings. The van der Waals surface area contributed by atoms with Crippen molar-refractivity contribution in [2.24, 2.45) is 7.05 Å². The van der Waals surface area contributed by atoms with Crippen LogP contribution < -0.4 is 9.13 Å². The lowest BCUT2D eigenvalue weighted by atomic mass is 9.84. The highest BCUT2D eigenvalue weighted by atomic mass is 14.9. The van der Waals surface area contributed by atoms with Crippen molar-refractivity contribution < 1.29 is 9.13 Å². The Morgan fingerprint density at radius 2 is 1.61 bits per heavy atom. The summed E-state index contributed by atoms with van der Waals surface area (Å²) in [6.07, 6.45) is 8.86. The molecule has 18 heavy (non-hydrogen) atoms. The summed E-state index contributed by atoms with van der Waals surface area (Å²) >= 11 is 0. The smallest absolute Gasteiger partial charge is 0.173 e. The van der Waals surface area contributed by atoms with Gasteiger partial charge in [0, 0.05) is 28.7 Å². The summed E-state index contributed by atoms with van der Waals surface area (Å²) in [7, 11) is 2.09. The van der Waals surface area contributed by atoms with E-state index in [1.165, 1.54) is 22.3 Å². The first-order valence-electron chi connectivity index (χ1n) is 6.57. The number of rotatable bonds is 1. The van der Waals surface area contributed by atoms with Crippen LogP contribution in [0.15, 0.2) is 36.9 Å². The van der Waals surface area contributed by atoms with Crippen LogP contribution in [0.5, 0.6) is 0 Å². The summed E-state index contributed by atoms with van der Waals surface area (Å²) in [6, 6.07) is 4.49. The Labute approximate surface area is 109 Å². The molecule has 0 saturated heterocycles. The third-order valence-electron chi connectivity index (χ3n) is 4.12. The number of fused-ring (bicyclic) bond motifs is 3. The normalized spacial score (nSPS) is 15.3. The number of aryl methyl sites for hydroxylation is 2. The van der Waals surface area contributed by atoms with Gasteiger partial charge in [0.15, 0.2) is 24.8 Å². The molecular formula is C16H20N2+2. The van der Waals surface area contributed by atoms with Crippen molar-refractivity contribution in [1.29, 1.82) is 0 Å². The maximum atomic E-state index is 2.32. The quantitative estimate of drug-likeness (QED) is 0.675. The van der Waals surface area contributed by atoms with E-state index in [1.807, 2.05) is 0 Å². The Bertz CT molecular complexity index is 627. The second-order valence-electron chi connectivity index (χ2n) is 5.67. The Morgan fingerprint density at radius 3 is 2.28 bits per heavy atom. The molecule has 0 aliphatic heterocycles. The molecule has 2 aromatic heterocycles. The van der Waals surface area contributed by atoms with Gasteiger partial charge in [-0.1, -0.05) is 13.8 Å². The molecule has 0 N–H and O–H groups in total. The zero-order valence-electron chi connectivity index (χ0n) is 11.6. The number of hydrogen-bond acceptors (Lipinski definition) is 0. The second-order valence-corrected chi connectivity index (χ2v) is 5.67. The van der Waals surface area contributed by atoms with Gasteiger partial charge in [-0.3, -0.25) is 0 Å². The summed E-state index contributed by atoms with van der Waals surface area (Å²) in [6.45, 7) is 7.84. The van der Waals surface area contributed by atoms with Crippen molar-refractivity contribution in [3.05, 3.63) is 48.0 Å².